The SMILES string of the molecule is C/C=C(\C)C(=O)OC1c2c(ccc3ccc(=O)oc23)OC(C)(C)C1OC(=O)C(C)C. The number of carbonyl (C=O) groups excluding carboxylic acids is 2. The molecular weight excluding hydrogens is 388 g/mol. The zero-order valence-corrected chi connectivity index (χ0v) is 18.0. The van der Waals surface area contributed by atoms with Gasteiger partial charge in [0, 0.05) is 17.0 Å². The van der Waals surface area contributed by atoms with Crippen molar-refractivity contribution in [2.75, 3.05) is 0 Å². The summed E-state index contributed by atoms with van der Waals surface area (Å²) in [5.74, 6) is -1.01. The normalized spacial score (nSPS) is 20.4. The standard InChI is InChI=1S/C23H26O7/c1-7-13(4)22(26)28-19-17-15(10-8-14-9-11-16(24)27-18(14)17)30-23(5,6)20(19)29-21(25)12(2)3/h7-12,19-20H,1-6H3/b13-7+. The molecule has 0 N–H and O–H groups in total. The topological polar surface area (TPSA) is 92.0 Å². The number of benzene rings is 1. The molecule has 0 fully saturated rings. The second-order valence-corrected chi connectivity index (χ2v) is 8.17. The number of rotatable bonds is 4. The first kappa shape index (κ1) is 21.6. The van der Waals surface area contributed by atoms with E-state index in [4.69, 9.17) is 18.6 Å². The fraction of sp³-hybridized carbons (Fsp3) is 0.435. The van der Waals surface area contributed by atoms with Crippen molar-refractivity contribution in [1.29, 1.82) is 0 Å². The summed E-state index contributed by atoms with van der Waals surface area (Å²) in [6.07, 6.45) is -0.348. The van der Waals surface area contributed by atoms with Crippen LogP contribution in [0.3, 0.4) is 0 Å². The lowest BCUT2D eigenvalue weighted by Crippen LogP contribution is -2.52. The van der Waals surface area contributed by atoms with Crippen molar-refractivity contribution in [1.82, 2.24) is 0 Å². The van der Waals surface area contributed by atoms with Gasteiger partial charge in [0.15, 0.2) is 12.2 Å². The number of carbonyl (C=O) groups is 2. The van der Waals surface area contributed by atoms with Crippen LogP contribution in [0.4, 0.5) is 0 Å². The van der Waals surface area contributed by atoms with Crippen molar-refractivity contribution >= 4 is 22.9 Å². The molecule has 2 aromatic rings. The molecule has 7 heteroatoms. The van der Waals surface area contributed by atoms with E-state index in [0.717, 1.165) is 0 Å². The summed E-state index contributed by atoms with van der Waals surface area (Å²) in [7, 11) is 0. The predicted molar refractivity (Wildman–Crippen MR) is 110 cm³/mol. The van der Waals surface area contributed by atoms with Crippen LogP contribution in [0.2, 0.25) is 0 Å². The molecule has 2 atom stereocenters. The maximum Gasteiger partial charge on any atom is 0.336 e. The molecule has 0 saturated heterocycles. The molecule has 0 spiro atoms. The summed E-state index contributed by atoms with van der Waals surface area (Å²) in [6, 6.07) is 6.41. The Morgan fingerprint density at radius 2 is 1.80 bits per heavy atom. The number of ether oxygens (including phenoxy) is 3. The van der Waals surface area contributed by atoms with E-state index >= 15 is 0 Å². The van der Waals surface area contributed by atoms with Crippen LogP contribution in [0.15, 0.2) is 45.1 Å². The molecule has 1 aromatic heterocycles. The molecule has 160 valence electrons. The minimum atomic E-state index is -1.02. The van der Waals surface area contributed by atoms with Crippen LogP contribution in [0.5, 0.6) is 5.75 Å². The van der Waals surface area contributed by atoms with Gasteiger partial charge in [0.05, 0.1) is 11.5 Å². The second kappa shape index (κ2) is 7.97. The van der Waals surface area contributed by atoms with E-state index in [2.05, 4.69) is 0 Å². The van der Waals surface area contributed by atoms with Crippen molar-refractivity contribution in [2.24, 2.45) is 5.92 Å². The lowest BCUT2D eigenvalue weighted by Gasteiger charge is -2.43. The Balaban J connectivity index is 2.23. The lowest BCUT2D eigenvalue weighted by atomic mass is 9.87. The van der Waals surface area contributed by atoms with Gasteiger partial charge < -0.3 is 18.6 Å². The van der Waals surface area contributed by atoms with Gasteiger partial charge in [-0.15, -0.1) is 0 Å². The van der Waals surface area contributed by atoms with Crippen LogP contribution >= 0.6 is 0 Å². The van der Waals surface area contributed by atoms with Gasteiger partial charge in [0.2, 0.25) is 0 Å². The highest BCUT2D eigenvalue weighted by molar-refractivity contribution is 5.89. The third-order valence-corrected chi connectivity index (χ3v) is 5.11. The average molecular weight is 414 g/mol. The molecule has 1 aliphatic heterocycles. The molecular formula is C23H26O7. The van der Waals surface area contributed by atoms with E-state index in [1.807, 2.05) is 0 Å². The highest BCUT2D eigenvalue weighted by Gasteiger charge is 2.50. The minimum Gasteiger partial charge on any atom is -0.483 e. The van der Waals surface area contributed by atoms with E-state index in [-0.39, 0.29) is 11.5 Å². The number of allylic oxidation sites excluding steroid dienone is 1. The molecule has 0 radical (unpaired) electrons. The van der Waals surface area contributed by atoms with Gasteiger partial charge in [-0.05, 0) is 45.9 Å². The highest BCUT2D eigenvalue weighted by Crippen LogP contribution is 2.46. The Bertz CT molecular complexity index is 1070. The fourth-order valence-corrected chi connectivity index (χ4v) is 3.26. The Kier molecular flexibility index (Phi) is 5.74. The lowest BCUT2D eigenvalue weighted by molar-refractivity contribution is -0.190. The maximum atomic E-state index is 12.7. The smallest absolute Gasteiger partial charge is 0.336 e. The number of fused-ring (bicyclic) bond motifs is 3. The van der Waals surface area contributed by atoms with E-state index in [9.17, 15) is 14.4 Å². The molecule has 0 aliphatic carbocycles. The summed E-state index contributed by atoms with van der Waals surface area (Å²) < 4.78 is 23.1. The Hall–Kier alpha value is -3.09. The van der Waals surface area contributed by atoms with Crippen LogP contribution in [0, 0.1) is 5.92 Å². The molecule has 0 amide bonds. The zero-order chi connectivity index (χ0) is 22.2. The monoisotopic (exact) mass is 414 g/mol. The molecule has 3 rings (SSSR count). The fourth-order valence-electron chi connectivity index (χ4n) is 3.26. The number of hydrogen-bond donors (Lipinski definition) is 0. The summed E-state index contributed by atoms with van der Waals surface area (Å²) in [5, 5.41) is 0.634. The predicted octanol–water partition coefficient (Wildman–Crippen LogP) is 4.08. The van der Waals surface area contributed by atoms with E-state index in [0.29, 0.717) is 22.3 Å². The third-order valence-electron chi connectivity index (χ3n) is 5.11. The van der Waals surface area contributed by atoms with Gasteiger partial charge >= 0.3 is 17.6 Å². The van der Waals surface area contributed by atoms with Crippen molar-refractivity contribution in [2.45, 2.75) is 59.4 Å². The Morgan fingerprint density at radius 3 is 2.43 bits per heavy atom. The van der Waals surface area contributed by atoms with Crippen molar-refractivity contribution in [3.63, 3.8) is 0 Å². The largest absolute Gasteiger partial charge is 0.483 e. The molecule has 2 unspecified atom stereocenters. The molecule has 0 saturated carbocycles. The molecule has 0 bridgehead atoms. The van der Waals surface area contributed by atoms with Crippen LogP contribution in [0.25, 0.3) is 11.0 Å². The van der Waals surface area contributed by atoms with Crippen LogP contribution in [-0.2, 0) is 19.1 Å². The van der Waals surface area contributed by atoms with Gasteiger partial charge in [-0.2, -0.15) is 0 Å². The Morgan fingerprint density at radius 1 is 1.13 bits per heavy atom. The first-order chi connectivity index (χ1) is 14.0. The van der Waals surface area contributed by atoms with Gasteiger partial charge in [0.25, 0.3) is 0 Å². The van der Waals surface area contributed by atoms with Gasteiger partial charge in [-0.1, -0.05) is 19.9 Å². The first-order valence-electron chi connectivity index (χ1n) is 9.85. The molecule has 7 nitrogen and oxygen atoms in total. The second-order valence-electron chi connectivity index (χ2n) is 8.17. The number of hydrogen-bond acceptors (Lipinski definition) is 7. The van der Waals surface area contributed by atoms with Crippen LogP contribution in [0.1, 0.15) is 53.2 Å². The number of esters is 2. The molecule has 1 aromatic carbocycles. The quantitative estimate of drug-likeness (QED) is 0.423. The van der Waals surface area contributed by atoms with Crippen LogP contribution in [-0.4, -0.2) is 23.6 Å². The summed E-state index contributed by atoms with van der Waals surface area (Å²) >= 11 is 0. The molecule has 2 heterocycles. The summed E-state index contributed by atoms with van der Waals surface area (Å²) in [5.41, 5.74) is -0.558. The zero-order valence-electron chi connectivity index (χ0n) is 18.0. The summed E-state index contributed by atoms with van der Waals surface area (Å²) in [4.78, 5) is 37.0. The Labute approximate surface area is 174 Å². The van der Waals surface area contributed by atoms with Crippen molar-refractivity contribution in [3.05, 3.63) is 51.9 Å². The highest BCUT2D eigenvalue weighted by atomic mass is 16.6. The van der Waals surface area contributed by atoms with Crippen LogP contribution < -0.4 is 10.4 Å². The first-order valence-corrected chi connectivity index (χ1v) is 9.85. The maximum absolute atomic E-state index is 12.7. The summed E-state index contributed by atoms with van der Waals surface area (Å²) in [6.45, 7) is 10.3. The van der Waals surface area contributed by atoms with Gasteiger partial charge in [-0.3, -0.25) is 4.79 Å². The molecule has 30 heavy (non-hydrogen) atoms. The van der Waals surface area contributed by atoms with E-state index in [1.54, 1.807) is 65.8 Å². The third kappa shape index (κ3) is 3.97. The van der Waals surface area contributed by atoms with E-state index < -0.39 is 35.4 Å². The van der Waals surface area contributed by atoms with Gasteiger partial charge in [0.1, 0.15) is 16.9 Å². The van der Waals surface area contributed by atoms with Gasteiger partial charge in [-0.25, -0.2) is 9.59 Å². The van der Waals surface area contributed by atoms with E-state index in [1.165, 1.54) is 6.07 Å². The average Bonchev–Trinajstić information content (AvgIpc) is 2.68. The van der Waals surface area contributed by atoms with Crippen molar-refractivity contribution in [3.8, 4) is 5.75 Å². The minimum absolute atomic E-state index is 0.233. The molecule has 1 aliphatic rings. The van der Waals surface area contributed by atoms with Crippen molar-refractivity contribution < 1.29 is 28.2 Å².